The normalized spacial score (nSPS) is 11.6. The molecule has 0 aliphatic rings. The summed E-state index contributed by atoms with van der Waals surface area (Å²) >= 11 is 5.82. The van der Waals surface area contributed by atoms with Gasteiger partial charge in [0.05, 0.1) is 5.56 Å². The van der Waals surface area contributed by atoms with Gasteiger partial charge in [-0.3, -0.25) is 0 Å². The molecule has 0 saturated heterocycles. The number of ether oxygens (including phenoxy) is 1. The second kappa shape index (κ2) is 8.60. The molecule has 0 fully saturated rings. The second-order valence-electron chi connectivity index (χ2n) is 6.56. The fraction of sp³-hybridized carbons (Fsp3) is 0.182. The summed E-state index contributed by atoms with van der Waals surface area (Å²) < 4.78 is 88.2. The molecular formula is C22H15ClF6O. The molecule has 0 atom stereocenters. The highest BCUT2D eigenvalue weighted by Crippen LogP contribution is 2.40. The third-order valence-corrected chi connectivity index (χ3v) is 4.76. The molecule has 0 saturated carbocycles. The number of alkyl halides is 2. The molecule has 3 aromatic rings. The first-order valence-corrected chi connectivity index (χ1v) is 9.31. The minimum atomic E-state index is -3.81. The Bertz CT molecular complexity index is 1040. The van der Waals surface area contributed by atoms with Crippen LogP contribution in [0.4, 0.5) is 26.3 Å². The third kappa shape index (κ3) is 4.41. The molecule has 1 nitrogen and oxygen atoms in total. The maximum Gasteiger partial charge on any atom is 0.426 e. The molecular weight excluding hydrogens is 430 g/mol. The number of hydrogen-bond acceptors (Lipinski definition) is 1. The van der Waals surface area contributed by atoms with Gasteiger partial charge in [-0.15, -0.1) is 0 Å². The van der Waals surface area contributed by atoms with Gasteiger partial charge in [0.2, 0.25) is 0 Å². The summed E-state index contributed by atoms with van der Waals surface area (Å²) in [6.45, 7) is 1.96. The molecule has 0 unspecified atom stereocenters. The fourth-order valence-electron chi connectivity index (χ4n) is 2.90. The van der Waals surface area contributed by atoms with Crippen LogP contribution in [0.15, 0.2) is 48.5 Å². The second-order valence-corrected chi connectivity index (χ2v) is 6.94. The van der Waals surface area contributed by atoms with Gasteiger partial charge in [-0.05, 0) is 53.9 Å². The predicted molar refractivity (Wildman–Crippen MR) is 102 cm³/mol. The van der Waals surface area contributed by atoms with E-state index >= 15 is 0 Å². The number of benzene rings is 3. The lowest BCUT2D eigenvalue weighted by molar-refractivity contribution is -0.185. The van der Waals surface area contributed by atoms with E-state index in [1.807, 2.05) is 6.92 Å². The molecule has 0 aliphatic heterocycles. The van der Waals surface area contributed by atoms with Gasteiger partial charge in [-0.2, -0.15) is 8.78 Å². The zero-order valence-corrected chi connectivity index (χ0v) is 16.3. The van der Waals surface area contributed by atoms with Gasteiger partial charge in [-0.25, -0.2) is 17.6 Å². The van der Waals surface area contributed by atoms with Crippen LogP contribution in [0.2, 0.25) is 5.02 Å². The standard InChI is InChI=1S/C22H15ClF6O/c1-2-3-12-4-6-14(7-5-12)22(28,29)30-18-9-8-15(20(26)19(18)23)13-10-16(24)21(27)17(25)11-13/h4-11H,2-3H2,1H3. The molecule has 0 heterocycles. The van der Waals surface area contributed by atoms with E-state index < -0.39 is 51.3 Å². The molecule has 0 radical (unpaired) electrons. The van der Waals surface area contributed by atoms with E-state index in [1.165, 1.54) is 12.1 Å². The summed E-state index contributed by atoms with van der Waals surface area (Å²) in [5.74, 6) is -6.68. The summed E-state index contributed by atoms with van der Waals surface area (Å²) in [6, 6.07) is 8.53. The SMILES string of the molecule is CCCc1ccc(C(F)(F)Oc2ccc(-c3cc(F)c(F)c(F)c3)c(F)c2Cl)cc1. The minimum absolute atomic E-state index is 0.351. The van der Waals surface area contributed by atoms with Crippen LogP contribution in [0, 0.1) is 23.3 Å². The largest absolute Gasteiger partial charge is 0.427 e. The van der Waals surface area contributed by atoms with Crippen LogP contribution >= 0.6 is 11.6 Å². The van der Waals surface area contributed by atoms with Gasteiger partial charge in [0.25, 0.3) is 0 Å². The molecule has 30 heavy (non-hydrogen) atoms. The van der Waals surface area contributed by atoms with Crippen molar-refractivity contribution in [2.45, 2.75) is 25.9 Å². The van der Waals surface area contributed by atoms with Crippen LogP contribution in [-0.4, -0.2) is 0 Å². The van der Waals surface area contributed by atoms with Crippen LogP contribution in [0.25, 0.3) is 11.1 Å². The quantitative estimate of drug-likeness (QED) is 0.280. The molecule has 8 heteroatoms. The molecule has 3 aromatic carbocycles. The highest BCUT2D eigenvalue weighted by atomic mass is 35.5. The molecule has 0 amide bonds. The van der Waals surface area contributed by atoms with Crippen LogP contribution in [0.5, 0.6) is 5.75 Å². The molecule has 0 aliphatic carbocycles. The highest BCUT2D eigenvalue weighted by Gasteiger charge is 2.35. The average molecular weight is 445 g/mol. The third-order valence-electron chi connectivity index (χ3n) is 4.41. The summed E-state index contributed by atoms with van der Waals surface area (Å²) in [6.07, 6.45) is -2.22. The van der Waals surface area contributed by atoms with Crippen molar-refractivity contribution < 1.29 is 31.1 Å². The smallest absolute Gasteiger partial charge is 0.426 e. The van der Waals surface area contributed by atoms with Crippen LogP contribution in [0.3, 0.4) is 0 Å². The van der Waals surface area contributed by atoms with Crippen molar-refractivity contribution in [3.63, 3.8) is 0 Å². The first-order valence-electron chi connectivity index (χ1n) is 8.93. The van der Waals surface area contributed by atoms with E-state index in [-0.39, 0.29) is 5.56 Å². The molecule has 0 N–H and O–H groups in total. The van der Waals surface area contributed by atoms with Crippen LogP contribution in [-0.2, 0) is 12.5 Å². The fourth-order valence-corrected chi connectivity index (χ4v) is 3.10. The number of hydrogen-bond donors (Lipinski definition) is 0. The van der Waals surface area contributed by atoms with Crippen molar-refractivity contribution in [3.05, 3.63) is 87.9 Å². The van der Waals surface area contributed by atoms with Crippen molar-refractivity contribution in [2.24, 2.45) is 0 Å². The molecule has 0 spiro atoms. The molecule has 158 valence electrons. The van der Waals surface area contributed by atoms with Gasteiger partial charge in [0.15, 0.2) is 23.3 Å². The van der Waals surface area contributed by atoms with Gasteiger partial charge in [0, 0.05) is 5.56 Å². The van der Waals surface area contributed by atoms with E-state index in [2.05, 4.69) is 4.74 Å². The summed E-state index contributed by atoms with van der Waals surface area (Å²) in [5, 5.41) is -0.806. The topological polar surface area (TPSA) is 9.23 Å². The first kappa shape index (κ1) is 22.0. The van der Waals surface area contributed by atoms with E-state index in [9.17, 15) is 26.3 Å². The van der Waals surface area contributed by atoms with Gasteiger partial charge >= 0.3 is 6.11 Å². The van der Waals surface area contributed by atoms with E-state index in [4.69, 9.17) is 11.6 Å². The zero-order valence-electron chi connectivity index (χ0n) is 15.6. The lowest BCUT2D eigenvalue weighted by Gasteiger charge is -2.20. The number of halogens is 7. The van der Waals surface area contributed by atoms with Gasteiger partial charge in [0.1, 0.15) is 10.8 Å². The maximum absolute atomic E-state index is 14.6. The van der Waals surface area contributed by atoms with E-state index in [0.717, 1.165) is 30.5 Å². The zero-order chi connectivity index (χ0) is 22.1. The molecule has 3 rings (SSSR count). The van der Waals surface area contributed by atoms with Crippen molar-refractivity contribution in [1.82, 2.24) is 0 Å². The minimum Gasteiger partial charge on any atom is -0.427 e. The lowest BCUT2D eigenvalue weighted by atomic mass is 10.0. The Balaban J connectivity index is 1.91. The van der Waals surface area contributed by atoms with E-state index in [0.29, 0.717) is 12.1 Å². The number of rotatable bonds is 6. The summed E-state index contributed by atoms with van der Waals surface area (Å²) in [7, 11) is 0. The lowest BCUT2D eigenvalue weighted by Crippen LogP contribution is -2.22. The molecule has 0 bridgehead atoms. The average Bonchev–Trinajstić information content (AvgIpc) is 2.70. The highest BCUT2D eigenvalue weighted by molar-refractivity contribution is 6.32. The Morgan fingerprint density at radius 2 is 1.47 bits per heavy atom. The number of aryl methyl sites for hydroxylation is 1. The monoisotopic (exact) mass is 444 g/mol. The van der Waals surface area contributed by atoms with Crippen LogP contribution in [0.1, 0.15) is 24.5 Å². The van der Waals surface area contributed by atoms with Crippen molar-refractivity contribution in [1.29, 1.82) is 0 Å². The summed E-state index contributed by atoms with van der Waals surface area (Å²) in [5.41, 5.74) is -0.331. The van der Waals surface area contributed by atoms with E-state index in [1.54, 1.807) is 12.1 Å². The summed E-state index contributed by atoms with van der Waals surface area (Å²) in [4.78, 5) is 0. The Morgan fingerprint density at radius 1 is 0.867 bits per heavy atom. The van der Waals surface area contributed by atoms with Crippen molar-refractivity contribution in [3.8, 4) is 16.9 Å². The van der Waals surface area contributed by atoms with Gasteiger partial charge in [-0.1, -0.05) is 37.1 Å². The van der Waals surface area contributed by atoms with Crippen molar-refractivity contribution >= 4 is 11.6 Å². The Labute approximate surface area is 173 Å². The molecule has 0 aromatic heterocycles. The van der Waals surface area contributed by atoms with Crippen molar-refractivity contribution in [2.75, 3.05) is 0 Å². The van der Waals surface area contributed by atoms with Gasteiger partial charge < -0.3 is 4.74 Å². The Hall–Kier alpha value is -2.67. The Morgan fingerprint density at radius 3 is 2.03 bits per heavy atom. The Kier molecular flexibility index (Phi) is 6.31. The first-order chi connectivity index (χ1) is 14.1. The van der Waals surface area contributed by atoms with Crippen LogP contribution < -0.4 is 4.74 Å². The maximum atomic E-state index is 14.6. The predicted octanol–water partition coefficient (Wildman–Crippen LogP) is 7.64.